The number of rotatable bonds is 0. The minimum absolute atomic E-state index is 0.750. The zero-order chi connectivity index (χ0) is 7.21. The third-order valence-electron chi connectivity index (χ3n) is 0. The summed E-state index contributed by atoms with van der Waals surface area (Å²) in [5.74, 6) is 0. The summed E-state index contributed by atoms with van der Waals surface area (Å²) in [5.41, 5.74) is 4.85. The van der Waals surface area contributed by atoms with Gasteiger partial charge in [-0.25, -0.2) is 10.3 Å². The van der Waals surface area contributed by atoms with Crippen molar-refractivity contribution in [1.29, 1.82) is 0 Å². The van der Waals surface area contributed by atoms with Gasteiger partial charge in [-0.3, -0.25) is 0 Å². The second kappa shape index (κ2) is 4.98. The van der Waals surface area contributed by atoms with Gasteiger partial charge in [0, 0.05) is 0 Å². The standard InChI is InChI=1S/C2H7N.H4N2O2S/c1-2-3;1-5(2,3)4/h2-3H2,1H3;(H4,1,2,3,4). The van der Waals surface area contributed by atoms with Crippen molar-refractivity contribution < 1.29 is 8.42 Å². The van der Waals surface area contributed by atoms with Crippen LogP contribution in [0.25, 0.3) is 0 Å². The van der Waals surface area contributed by atoms with Crippen LogP contribution in [0.1, 0.15) is 6.92 Å². The van der Waals surface area contributed by atoms with Crippen molar-refractivity contribution in [3.63, 3.8) is 0 Å². The molecule has 0 heterocycles. The first-order valence-electron chi connectivity index (χ1n) is 1.92. The summed E-state index contributed by atoms with van der Waals surface area (Å²) in [6.45, 7) is 2.65. The third kappa shape index (κ3) is 4710. The van der Waals surface area contributed by atoms with Crippen LogP contribution in [0.4, 0.5) is 0 Å². The largest absolute Gasteiger partial charge is 0.331 e. The molecule has 5 nitrogen and oxygen atoms in total. The second-order valence-electron chi connectivity index (χ2n) is 0.997. The molecule has 0 aliphatic carbocycles. The number of nitrogens with two attached hydrogens (primary N) is 3. The molecule has 0 radical (unpaired) electrons. The van der Waals surface area contributed by atoms with Crippen molar-refractivity contribution in [3.05, 3.63) is 0 Å². The summed E-state index contributed by atoms with van der Waals surface area (Å²) in [5, 5.41) is 8.21. The van der Waals surface area contributed by atoms with Gasteiger partial charge in [0.05, 0.1) is 0 Å². The summed E-state index contributed by atoms with van der Waals surface area (Å²) >= 11 is 0. The van der Waals surface area contributed by atoms with Crippen molar-refractivity contribution in [2.75, 3.05) is 6.54 Å². The van der Waals surface area contributed by atoms with E-state index in [1.165, 1.54) is 0 Å². The van der Waals surface area contributed by atoms with Gasteiger partial charge in [0.25, 0.3) is 10.2 Å². The fourth-order valence-electron chi connectivity index (χ4n) is 0. The van der Waals surface area contributed by atoms with Crippen LogP contribution in [-0.4, -0.2) is 15.0 Å². The molecule has 0 saturated carbocycles. The summed E-state index contributed by atoms with van der Waals surface area (Å²) in [6.07, 6.45) is 0. The lowest BCUT2D eigenvalue weighted by molar-refractivity contribution is 0.599. The molecule has 0 amide bonds. The maximum Gasteiger partial charge on any atom is 0.271 e. The smallest absolute Gasteiger partial charge is 0.271 e. The Hall–Kier alpha value is -0.170. The Morgan fingerprint density at radius 2 is 1.38 bits per heavy atom. The molecule has 0 atom stereocenters. The highest BCUT2D eigenvalue weighted by atomic mass is 32.2. The first-order chi connectivity index (χ1) is 3.41. The predicted molar refractivity (Wildman–Crippen MR) is 32.0 cm³/mol. The molecule has 0 rings (SSSR count). The molecule has 0 unspecified atom stereocenters. The second-order valence-corrected chi connectivity index (χ2v) is 2.18. The van der Waals surface area contributed by atoms with Crippen LogP contribution in [0.2, 0.25) is 0 Å². The molecule has 6 heteroatoms. The Morgan fingerprint density at radius 1 is 1.38 bits per heavy atom. The van der Waals surface area contributed by atoms with E-state index in [0.29, 0.717) is 0 Å². The lowest BCUT2D eigenvalue weighted by Gasteiger charge is -1.72. The molecule has 0 aliphatic heterocycles. The zero-order valence-electron chi connectivity index (χ0n) is 4.66. The van der Waals surface area contributed by atoms with Crippen LogP contribution < -0.4 is 16.0 Å². The lowest BCUT2D eigenvalue weighted by Crippen LogP contribution is -2.21. The molecular formula is C2H11N3O2S. The van der Waals surface area contributed by atoms with E-state index in [1.54, 1.807) is 0 Å². The summed E-state index contributed by atoms with van der Waals surface area (Å²) in [6, 6.07) is 0. The van der Waals surface area contributed by atoms with Gasteiger partial charge in [0.2, 0.25) is 0 Å². The van der Waals surface area contributed by atoms with Crippen molar-refractivity contribution in [2.24, 2.45) is 16.0 Å². The quantitative estimate of drug-likeness (QED) is 0.366. The van der Waals surface area contributed by atoms with Gasteiger partial charge in [0.1, 0.15) is 0 Å². The monoisotopic (exact) mass is 141 g/mol. The van der Waals surface area contributed by atoms with Gasteiger partial charge in [-0.1, -0.05) is 6.92 Å². The van der Waals surface area contributed by atoms with Gasteiger partial charge in [-0.05, 0) is 6.54 Å². The fourth-order valence-corrected chi connectivity index (χ4v) is 0. The number of hydrogen-bond acceptors (Lipinski definition) is 3. The topological polar surface area (TPSA) is 112 Å². The van der Waals surface area contributed by atoms with Gasteiger partial charge >= 0.3 is 0 Å². The maximum atomic E-state index is 9.19. The minimum atomic E-state index is -3.67. The Morgan fingerprint density at radius 3 is 1.38 bits per heavy atom. The van der Waals surface area contributed by atoms with Crippen LogP contribution in [-0.2, 0) is 10.2 Å². The van der Waals surface area contributed by atoms with E-state index in [4.69, 9.17) is 5.73 Å². The SMILES string of the molecule is CCN.NS(N)(=O)=O. The van der Waals surface area contributed by atoms with E-state index in [1.807, 2.05) is 6.92 Å². The number of hydrogen-bond donors (Lipinski definition) is 3. The zero-order valence-corrected chi connectivity index (χ0v) is 5.48. The van der Waals surface area contributed by atoms with E-state index >= 15 is 0 Å². The van der Waals surface area contributed by atoms with Crippen molar-refractivity contribution in [2.45, 2.75) is 6.92 Å². The average molecular weight is 141 g/mol. The highest BCUT2D eigenvalue weighted by molar-refractivity contribution is 7.86. The molecule has 0 saturated heterocycles. The predicted octanol–water partition coefficient (Wildman–Crippen LogP) is -1.89. The molecule has 6 N–H and O–H groups in total. The summed E-state index contributed by atoms with van der Waals surface area (Å²) in [4.78, 5) is 0. The maximum absolute atomic E-state index is 9.19. The Labute approximate surface area is 49.0 Å². The molecule has 52 valence electrons. The highest BCUT2D eigenvalue weighted by Crippen LogP contribution is 1.40. The Balaban J connectivity index is 0. The van der Waals surface area contributed by atoms with Crippen LogP contribution in [0.3, 0.4) is 0 Å². The normalized spacial score (nSPS) is 9.50. The highest BCUT2D eigenvalue weighted by Gasteiger charge is 1.78. The van der Waals surface area contributed by atoms with Gasteiger partial charge in [-0.2, -0.15) is 8.42 Å². The van der Waals surface area contributed by atoms with Crippen molar-refractivity contribution >= 4 is 10.2 Å². The first-order valence-corrected chi connectivity index (χ1v) is 3.53. The van der Waals surface area contributed by atoms with E-state index in [9.17, 15) is 8.42 Å². The van der Waals surface area contributed by atoms with Gasteiger partial charge in [-0.15, -0.1) is 0 Å². The molecule has 0 fully saturated rings. The van der Waals surface area contributed by atoms with E-state index in [0.717, 1.165) is 6.54 Å². The molecular weight excluding hydrogens is 130 g/mol. The molecule has 0 aromatic heterocycles. The van der Waals surface area contributed by atoms with Gasteiger partial charge in [0.15, 0.2) is 0 Å². The molecule has 8 heavy (non-hydrogen) atoms. The van der Waals surface area contributed by atoms with Crippen molar-refractivity contribution in [1.82, 2.24) is 0 Å². The van der Waals surface area contributed by atoms with Crippen LogP contribution in [0, 0.1) is 0 Å². The first kappa shape index (κ1) is 10.7. The van der Waals surface area contributed by atoms with E-state index < -0.39 is 10.2 Å². The summed E-state index contributed by atoms with van der Waals surface area (Å²) in [7, 11) is -3.67. The van der Waals surface area contributed by atoms with E-state index in [-0.39, 0.29) is 0 Å². The lowest BCUT2D eigenvalue weighted by atomic mass is 10.8. The van der Waals surface area contributed by atoms with Crippen LogP contribution >= 0.6 is 0 Å². The third-order valence-corrected chi connectivity index (χ3v) is 0. The van der Waals surface area contributed by atoms with Gasteiger partial charge < -0.3 is 5.73 Å². The minimum Gasteiger partial charge on any atom is -0.331 e. The molecule has 0 aliphatic rings. The molecule has 0 spiro atoms. The summed E-state index contributed by atoms with van der Waals surface area (Å²) < 4.78 is 18.4. The molecule has 0 aromatic carbocycles. The van der Waals surface area contributed by atoms with Crippen LogP contribution in [0.15, 0.2) is 0 Å². The average Bonchev–Trinajstić information content (AvgIpc) is 1.27. The van der Waals surface area contributed by atoms with Crippen LogP contribution in [0.5, 0.6) is 0 Å². The Kier molecular flexibility index (Phi) is 6.68. The molecule has 0 aromatic rings. The fraction of sp³-hybridized carbons (Fsp3) is 1.00. The van der Waals surface area contributed by atoms with Crippen molar-refractivity contribution in [3.8, 4) is 0 Å². The van der Waals surface area contributed by atoms with E-state index in [2.05, 4.69) is 10.3 Å². The Bertz CT molecular complexity index is 109. The molecule has 0 bridgehead atoms.